The van der Waals surface area contributed by atoms with Gasteiger partial charge in [-0.3, -0.25) is 0 Å². The van der Waals surface area contributed by atoms with E-state index in [4.69, 9.17) is 15.0 Å². The number of benzene rings is 8. The lowest BCUT2D eigenvalue weighted by Gasteiger charge is -2.20. The maximum absolute atomic E-state index is 10.6. The van der Waals surface area contributed by atoms with Crippen LogP contribution in [0.3, 0.4) is 0 Å². The smallest absolute Gasteiger partial charge is 0.166 e. The number of fused-ring (bicyclic) bond motifs is 6. The molecule has 0 radical (unpaired) electrons. The second kappa shape index (κ2) is 18.0. The Bertz CT molecular complexity index is 4080. The zero-order valence-corrected chi connectivity index (χ0v) is 45.7. The predicted molar refractivity (Wildman–Crippen MR) is 314 cm³/mol. The van der Waals surface area contributed by atoms with Crippen LogP contribution in [-0.2, 0) is 21.7 Å². The van der Waals surface area contributed by atoms with E-state index in [2.05, 4.69) is 201 Å². The van der Waals surface area contributed by atoms with Crippen LogP contribution in [0, 0.1) is 22.7 Å². The average Bonchev–Trinajstić information content (AvgIpc) is 3.96. The Hall–Kier alpha value is -8.65. The molecule has 0 bridgehead atoms. The molecule has 0 unspecified atom stereocenters. The molecule has 0 atom stereocenters. The van der Waals surface area contributed by atoms with Crippen LogP contribution in [0.25, 0.3) is 100 Å². The van der Waals surface area contributed by atoms with E-state index in [-0.39, 0.29) is 21.7 Å². The number of nitrogens with zero attached hydrogens (tertiary/aromatic N) is 7. The molecule has 374 valence electrons. The van der Waals surface area contributed by atoms with Crippen LogP contribution in [-0.4, -0.2) is 24.1 Å². The maximum Gasteiger partial charge on any atom is 0.166 e. The lowest BCUT2D eigenvalue weighted by Crippen LogP contribution is -2.10. The highest BCUT2D eigenvalue weighted by atomic mass is 15.1. The molecular formula is C69H63N7. The van der Waals surface area contributed by atoms with E-state index in [0.717, 1.165) is 82.8 Å². The first-order valence-electron chi connectivity index (χ1n) is 26.3. The van der Waals surface area contributed by atoms with Crippen LogP contribution in [0.1, 0.15) is 116 Å². The van der Waals surface area contributed by atoms with Crippen LogP contribution in [0.15, 0.2) is 164 Å². The van der Waals surface area contributed by atoms with Crippen LogP contribution < -0.4 is 0 Å². The second-order valence-corrected chi connectivity index (χ2v) is 24.5. The molecule has 0 fully saturated rings. The van der Waals surface area contributed by atoms with Gasteiger partial charge in [0.25, 0.3) is 0 Å². The summed E-state index contributed by atoms with van der Waals surface area (Å²) in [7, 11) is 0. The molecule has 76 heavy (non-hydrogen) atoms. The summed E-state index contributed by atoms with van der Waals surface area (Å²) in [6, 6.07) is 62.3. The lowest BCUT2D eigenvalue weighted by molar-refractivity contribution is 0.590. The molecule has 8 aromatic carbocycles. The molecule has 3 heterocycles. The largest absolute Gasteiger partial charge is 0.308 e. The van der Waals surface area contributed by atoms with Crippen molar-refractivity contribution < 1.29 is 0 Å². The van der Waals surface area contributed by atoms with Gasteiger partial charge in [0.05, 0.1) is 56.7 Å². The summed E-state index contributed by atoms with van der Waals surface area (Å²) in [6.45, 7) is 27.1. The Morgan fingerprint density at radius 3 is 1.12 bits per heavy atom. The van der Waals surface area contributed by atoms with E-state index < -0.39 is 0 Å². The minimum atomic E-state index is -0.0789. The van der Waals surface area contributed by atoms with Gasteiger partial charge in [0.15, 0.2) is 17.5 Å². The topological polar surface area (TPSA) is 96.1 Å². The van der Waals surface area contributed by atoms with Crippen molar-refractivity contribution in [3.8, 4) is 68.8 Å². The van der Waals surface area contributed by atoms with Crippen LogP contribution in [0.2, 0.25) is 0 Å². The second-order valence-electron chi connectivity index (χ2n) is 24.5. The van der Waals surface area contributed by atoms with E-state index in [1.807, 2.05) is 66.7 Å². The Labute approximate surface area is 446 Å². The molecule has 7 nitrogen and oxygen atoms in total. The van der Waals surface area contributed by atoms with E-state index in [1.54, 1.807) is 0 Å². The summed E-state index contributed by atoms with van der Waals surface area (Å²) < 4.78 is 4.65. The number of hydrogen-bond donors (Lipinski definition) is 0. The van der Waals surface area contributed by atoms with E-state index in [9.17, 15) is 10.5 Å². The summed E-state index contributed by atoms with van der Waals surface area (Å²) in [6.07, 6.45) is 0. The van der Waals surface area contributed by atoms with Gasteiger partial charge in [-0.1, -0.05) is 156 Å². The quantitative estimate of drug-likeness (QED) is 0.165. The van der Waals surface area contributed by atoms with Gasteiger partial charge in [-0.15, -0.1) is 0 Å². The molecule has 7 heteroatoms. The van der Waals surface area contributed by atoms with Gasteiger partial charge in [0, 0.05) is 38.2 Å². The highest BCUT2D eigenvalue weighted by molar-refractivity contribution is 6.12. The first kappa shape index (κ1) is 49.6. The van der Waals surface area contributed by atoms with Crippen LogP contribution in [0.4, 0.5) is 0 Å². The van der Waals surface area contributed by atoms with E-state index >= 15 is 0 Å². The molecule has 0 aliphatic rings. The molecule has 0 saturated carbocycles. The summed E-state index contributed by atoms with van der Waals surface area (Å²) in [5.74, 6) is 1.48. The third-order valence-corrected chi connectivity index (χ3v) is 15.1. The normalized spacial score (nSPS) is 12.4. The molecule has 0 aliphatic carbocycles. The van der Waals surface area contributed by atoms with Crippen molar-refractivity contribution in [2.24, 2.45) is 0 Å². The zero-order chi connectivity index (χ0) is 53.6. The van der Waals surface area contributed by atoms with Gasteiger partial charge in [0.1, 0.15) is 0 Å². The summed E-state index contributed by atoms with van der Waals surface area (Å²) in [5.41, 5.74) is 15.9. The fraction of sp³-hybridized carbons (Fsp3) is 0.232. The first-order valence-corrected chi connectivity index (χ1v) is 26.3. The SMILES string of the molecule is CC(C)(C)c1ccc2c(c1)c1cc(C(C)(C)C)ccc1n2-c1cc(C#N)ccc1-c1nc(-c2ccccc2)nc(-c2ccc(-c3cccc(C#N)c3)cc2-n2c3ccc(C(C)(C)C)cc3c3cc(C(C)(C)C)ccc32)n1. The number of hydrogen-bond acceptors (Lipinski definition) is 5. The third kappa shape index (κ3) is 8.80. The summed E-state index contributed by atoms with van der Waals surface area (Å²) in [5, 5.41) is 25.2. The fourth-order valence-electron chi connectivity index (χ4n) is 10.6. The van der Waals surface area contributed by atoms with Gasteiger partial charge in [-0.25, -0.2) is 15.0 Å². The van der Waals surface area contributed by atoms with Gasteiger partial charge in [0.2, 0.25) is 0 Å². The molecule has 11 rings (SSSR count). The average molecular weight is 990 g/mol. The number of aromatic nitrogens is 5. The van der Waals surface area contributed by atoms with Gasteiger partial charge in [-0.2, -0.15) is 10.5 Å². The molecule has 11 aromatic rings. The van der Waals surface area contributed by atoms with Gasteiger partial charge < -0.3 is 9.13 Å². The number of nitriles is 2. The van der Waals surface area contributed by atoms with Crippen LogP contribution >= 0.6 is 0 Å². The first-order chi connectivity index (χ1) is 36.1. The van der Waals surface area contributed by atoms with Crippen molar-refractivity contribution in [1.82, 2.24) is 24.1 Å². The summed E-state index contributed by atoms with van der Waals surface area (Å²) in [4.78, 5) is 16.3. The fourth-order valence-corrected chi connectivity index (χ4v) is 10.6. The van der Waals surface area contributed by atoms with Gasteiger partial charge >= 0.3 is 0 Å². The molecule has 0 amide bonds. The maximum atomic E-state index is 10.6. The lowest BCUT2D eigenvalue weighted by atomic mass is 9.85. The minimum Gasteiger partial charge on any atom is -0.308 e. The summed E-state index contributed by atoms with van der Waals surface area (Å²) >= 11 is 0. The Kier molecular flexibility index (Phi) is 11.8. The van der Waals surface area contributed by atoms with Crippen LogP contribution in [0.5, 0.6) is 0 Å². The van der Waals surface area contributed by atoms with E-state index in [1.165, 1.54) is 22.3 Å². The molecular weight excluding hydrogens is 927 g/mol. The minimum absolute atomic E-state index is 0.0764. The Balaban J connectivity index is 1.23. The molecule has 0 spiro atoms. The highest BCUT2D eigenvalue weighted by Crippen LogP contribution is 2.44. The van der Waals surface area contributed by atoms with Crippen molar-refractivity contribution in [2.75, 3.05) is 0 Å². The standard InChI is InChI=1S/C69H63N7/c1-66(2,3)47-23-29-57-53(36-47)54-37-48(67(4,5)6)24-30-58(54)75(57)61-34-43(41-71)21-27-51(61)64-72-63(44-18-14-13-15-19-44)73-65(74-64)52-28-22-46(45-20-16-17-42(33-45)40-70)35-62(52)76-59-31-25-49(68(7,8)9)38-55(59)56-39-50(69(10,11)12)26-32-60(56)76/h13-39H,1-12H3. The molecule has 3 aromatic heterocycles. The van der Waals surface area contributed by atoms with Crippen molar-refractivity contribution in [3.63, 3.8) is 0 Å². The van der Waals surface area contributed by atoms with Gasteiger partial charge in [-0.05, 0) is 146 Å². The number of rotatable bonds is 6. The molecule has 0 saturated heterocycles. The third-order valence-electron chi connectivity index (χ3n) is 15.1. The van der Waals surface area contributed by atoms with Crippen molar-refractivity contribution in [2.45, 2.75) is 105 Å². The van der Waals surface area contributed by atoms with E-state index in [0.29, 0.717) is 28.6 Å². The monoisotopic (exact) mass is 990 g/mol. The molecule has 0 aliphatic heterocycles. The Morgan fingerprint density at radius 1 is 0.329 bits per heavy atom. The van der Waals surface area contributed by atoms with Crippen molar-refractivity contribution in [3.05, 3.63) is 197 Å². The van der Waals surface area contributed by atoms with Crippen molar-refractivity contribution in [1.29, 1.82) is 10.5 Å². The predicted octanol–water partition coefficient (Wildman–Crippen LogP) is 17.7. The molecule has 0 N–H and O–H groups in total. The van der Waals surface area contributed by atoms with Crippen molar-refractivity contribution >= 4 is 43.6 Å². The highest BCUT2D eigenvalue weighted by Gasteiger charge is 2.27. The zero-order valence-electron chi connectivity index (χ0n) is 45.7. The Morgan fingerprint density at radius 2 is 0.697 bits per heavy atom.